The Bertz CT molecular complexity index is 804. The largest absolute Gasteiger partial charge is 0.484 e. The molecule has 1 heterocycles. The van der Waals surface area contributed by atoms with Gasteiger partial charge in [-0.2, -0.15) is 0 Å². The second-order valence-electron chi connectivity index (χ2n) is 8.58. The molecule has 7 heteroatoms. The number of hydrogen-bond acceptors (Lipinski definition) is 4. The monoisotopic (exact) mass is 392 g/mol. The first-order valence-corrected chi connectivity index (χ1v) is 9.97. The fourth-order valence-corrected chi connectivity index (χ4v) is 5.17. The van der Waals surface area contributed by atoms with Gasteiger partial charge >= 0.3 is 0 Å². The SMILES string of the molecule is O=C(COc1ccc(Cl)c(F)c1)NC12CC(C3=NOC(C4CCC4)C3)(C1)C2. The molecular formula is C20H22ClFN2O3. The molecule has 144 valence electrons. The van der Waals surface area contributed by atoms with E-state index in [-0.39, 0.29) is 34.6 Å². The molecule has 1 amide bonds. The van der Waals surface area contributed by atoms with Crippen LogP contribution < -0.4 is 10.1 Å². The predicted octanol–water partition coefficient (Wildman–Crippen LogP) is 3.84. The van der Waals surface area contributed by atoms with Gasteiger partial charge in [0.2, 0.25) is 0 Å². The molecule has 1 N–H and O–H groups in total. The van der Waals surface area contributed by atoms with Crippen molar-refractivity contribution in [3.05, 3.63) is 29.0 Å². The van der Waals surface area contributed by atoms with Crippen LogP contribution in [0.1, 0.15) is 44.9 Å². The molecule has 5 aliphatic rings. The number of carbonyl (C=O) groups is 1. The van der Waals surface area contributed by atoms with Crippen LogP contribution in [0.15, 0.2) is 23.4 Å². The minimum Gasteiger partial charge on any atom is -0.484 e. The van der Waals surface area contributed by atoms with E-state index in [1.54, 1.807) is 6.07 Å². The normalized spacial score (nSPS) is 33.9. The van der Waals surface area contributed by atoms with Crippen molar-refractivity contribution in [3.8, 4) is 5.75 Å². The number of halogens is 2. The smallest absolute Gasteiger partial charge is 0.258 e. The minimum atomic E-state index is -0.560. The molecule has 4 saturated carbocycles. The molecule has 1 aliphatic heterocycles. The van der Waals surface area contributed by atoms with Gasteiger partial charge < -0.3 is 14.9 Å². The van der Waals surface area contributed by atoms with Gasteiger partial charge in [-0.25, -0.2) is 4.39 Å². The van der Waals surface area contributed by atoms with Crippen LogP contribution in [-0.2, 0) is 9.63 Å². The lowest BCUT2D eigenvalue weighted by atomic mass is 9.37. The number of oxime groups is 1. The summed E-state index contributed by atoms with van der Waals surface area (Å²) in [7, 11) is 0. The number of rotatable bonds is 6. The van der Waals surface area contributed by atoms with Crippen molar-refractivity contribution in [1.82, 2.24) is 5.32 Å². The molecule has 1 unspecified atom stereocenters. The van der Waals surface area contributed by atoms with Gasteiger partial charge in [0.1, 0.15) is 17.7 Å². The Morgan fingerprint density at radius 3 is 2.81 bits per heavy atom. The Morgan fingerprint density at radius 1 is 1.37 bits per heavy atom. The van der Waals surface area contributed by atoms with Crippen molar-refractivity contribution >= 4 is 23.2 Å². The molecule has 0 aromatic heterocycles. The van der Waals surface area contributed by atoms with Crippen LogP contribution in [0, 0.1) is 17.2 Å². The molecule has 0 radical (unpaired) electrons. The van der Waals surface area contributed by atoms with Crippen LogP contribution in [0.4, 0.5) is 4.39 Å². The van der Waals surface area contributed by atoms with Crippen LogP contribution in [0.5, 0.6) is 5.75 Å². The minimum absolute atomic E-state index is 0.0318. The zero-order valence-electron chi connectivity index (χ0n) is 15.0. The van der Waals surface area contributed by atoms with Crippen LogP contribution in [0.2, 0.25) is 5.02 Å². The van der Waals surface area contributed by atoms with Crippen molar-refractivity contribution in [1.29, 1.82) is 0 Å². The van der Waals surface area contributed by atoms with Crippen LogP contribution in [-0.4, -0.2) is 29.9 Å². The van der Waals surface area contributed by atoms with Gasteiger partial charge in [-0.05, 0) is 50.2 Å². The van der Waals surface area contributed by atoms with Gasteiger partial charge in [0, 0.05) is 23.4 Å². The maximum atomic E-state index is 13.4. The first kappa shape index (κ1) is 17.3. The van der Waals surface area contributed by atoms with Gasteiger partial charge in [0.15, 0.2) is 6.61 Å². The third kappa shape index (κ3) is 2.89. The Balaban J connectivity index is 1.09. The molecular weight excluding hydrogens is 371 g/mol. The fraction of sp³-hybridized carbons (Fsp3) is 0.600. The van der Waals surface area contributed by atoms with E-state index in [0.29, 0.717) is 11.7 Å². The van der Waals surface area contributed by atoms with Crippen molar-refractivity contribution in [2.45, 2.75) is 56.6 Å². The van der Waals surface area contributed by atoms with E-state index in [2.05, 4.69) is 10.5 Å². The lowest BCUT2D eigenvalue weighted by Crippen LogP contribution is -2.77. The summed E-state index contributed by atoms with van der Waals surface area (Å²) in [5.74, 6) is 0.231. The second-order valence-corrected chi connectivity index (χ2v) is 8.99. The van der Waals surface area contributed by atoms with Crippen molar-refractivity contribution in [3.63, 3.8) is 0 Å². The van der Waals surface area contributed by atoms with E-state index in [0.717, 1.165) is 25.7 Å². The number of nitrogens with zero attached hydrogens (tertiary/aromatic N) is 1. The molecule has 4 aliphatic carbocycles. The van der Waals surface area contributed by atoms with Crippen LogP contribution in [0.3, 0.4) is 0 Å². The molecule has 0 saturated heterocycles. The molecule has 4 fully saturated rings. The summed E-state index contributed by atoms with van der Waals surface area (Å²) in [5, 5.41) is 7.50. The first-order chi connectivity index (χ1) is 13.0. The van der Waals surface area contributed by atoms with Gasteiger partial charge in [0.25, 0.3) is 5.91 Å². The number of hydrogen-bond donors (Lipinski definition) is 1. The van der Waals surface area contributed by atoms with E-state index < -0.39 is 5.82 Å². The zero-order chi connectivity index (χ0) is 18.6. The van der Waals surface area contributed by atoms with Crippen LogP contribution in [0.25, 0.3) is 0 Å². The number of ether oxygens (including phenoxy) is 1. The highest BCUT2D eigenvalue weighted by molar-refractivity contribution is 6.30. The van der Waals surface area contributed by atoms with E-state index in [1.165, 1.54) is 37.1 Å². The summed E-state index contributed by atoms with van der Waals surface area (Å²) in [6, 6.07) is 4.14. The molecule has 27 heavy (non-hydrogen) atoms. The topological polar surface area (TPSA) is 59.9 Å². The summed E-state index contributed by atoms with van der Waals surface area (Å²) in [6.07, 6.45) is 7.87. The summed E-state index contributed by atoms with van der Waals surface area (Å²) < 4.78 is 18.8. The first-order valence-electron chi connectivity index (χ1n) is 9.59. The van der Waals surface area contributed by atoms with Crippen molar-refractivity contribution in [2.24, 2.45) is 16.5 Å². The standard InChI is InChI=1S/C20H22ClFN2O3/c21-14-5-4-13(6-15(14)22)26-8-18(25)23-20-9-19(10-20,11-20)17-7-16(27-24-17)12-2-1-3-12/h4-6,12,16H,1-3,7-11H2,(H,23,25). The number of nitrogens with one attached hydrogen (secondary N) is 1. The molecule has 1 aromatic carbocycles. The predicted molar refractivity (Wildman–Crippen MR) is 98.3 cm³/mol. The quantitative estimate of drug-likeness (QED) is 0.800. The zero-order valence-corrected chi connectivity index (χ0v) is 15.7. The summed E-state index contributed by atoms with van der Waals surface area (Å²) >= 11 is 5.64. The van der Waals surface area contributed by atoms with Crippen molar-refractivity contribution in [2.75, 3.05) is 6.61 Å². The van der Waals surface area contributed by atoms with Gasteiger partial charge in [0.05, 0.1) is 10.7 Å². The van der Waals surface area contributed by atoms with Gasteiger partial charge in [-0.1, -0.05) is 23.2 Å². The molecule has 5 nitrogen and oxygen atoms in total. The second kappa shape index (κ2) is 6.09. The third-order valence-corrected chi connectivity index (χ3v) is 6.98. The molecule has 2 bridgehead atoms. The molecule has 0 spiro atoms. The lowest BCUT2D eigenvalue weighted by Gasteiger charge is -2.70. The summed E-state index contributed by atoms with van der Waals surface area (Å²) in [4.78, 5) is 17.9. The average Bonchev–Trinajstić information content (AvgIpc) is 2.98. The maximum Gasteiger partial charge on any atom is 0.258 e. The third-order valence-electron chi connectivity index (χ3n) is 6.68. The highest BCUT2D eigenvalue weighted by atomic mass is 35.5. The van der Waals surface area contributed by atoms with E-state index in [1.807, 2.05) is 0 Å². The van der Waals surface area contributed by atoms with Gasteiger partial charge in [-0.15, -0.1) is 0 Å². The van der Waals surface area contributed by atoms with E-state index in [9.17, 15) is 9.18 Å². The highest BCUT2D eigenvalue weighted by Crippen LogP contribution is 2.69. The Morgan fingerprint density at radius 2 is 2.15 bits per heavy atom. The summed E-state index contributed by atoms with van der Waals surface area (Å²) in [6.45, 7) is -0.135. The molecule has 1 aromatic rings. The Hall–Kier alpha value is -1.82. The van der Waals surface area contributed by atoms with Crippen molar-refractivity contribution < 1.29 is 18.8 Å². The summed E-state index contributed by atoms with van der Waals surface area (Å²) in [5.41, 5.74) is 1.22. The van der Waals surface area contributed by atoms with Gasteiger partial charge in [-0.3, -0.25) is 4.79 Å². The Labute approximate surface area is 162 Å². The lowest BCUT2D eigenvalue weighted by molar-refractivity contribution is -0.143. The van der Waals surface area contributed by atoms with Crippen LogP contribution >= 0.6 is 11.6 Å². The number of carbonyl (C=O) groups excluding carboxylic acids is 1. The van der Waals surface area contributed by atoms with E-state index in [4.69, 9.17) is 21.2 Å². The molecule has 6 rings (SSSR count). The number of amides is 1. The Kier molecular flexibility index (Phi) is 3.90. The fourth-order valence-electron chi connectivity index (χ4n) is 5.05. The highest BCUT2D eigenvalue weighted by Gasteiger charge is 2.71. The average molecular weight is 393 g/mol. The maximum absolute atomic E-state index is 13.4. The number of benzene rings is 1. The van der Waals surface area contributed by atoms with E-state index >= 15 is 0 Å². The molecule has 1 atom stereocenters.